The fourth-order valence-electron chi connectivity index (χ4n) is 6.92. The van der Waals surface area contributed by atoms with Crippen LogP contribution in [0, 0.1) is 0 Å². The van der Waals surface area contributed by atoms with Crippen molar-refractivity contribution in [2.45, 2.75) is 0 Å². The van der Waals surface area contributed by atoms with Crippen molar-refractivity contribution < 1.29 is 4.42 Å². The van der Waals surface area contributed by atoms with Gasteiger partial charge >= 0.3 is 0 Å². The number of para-hydroxylation sites is 1. The maximum Gasteiger partial charge on any atom is 0.165 e. The maximum atomic E-state index is 6.60. The van der Waals surface area contributed by atoms with Crippen LogP contribution in [0.1, 0.15) is 0 Å². The smallest absolute Gasteiger partial charge is 0.165 e. The number of nitrogens with zero attached hydrogens (tertiary/aromatic N) is 5. The Kier molecular flexibility index (Phi) is 6.39. The van der Waals surface area contributed by atoms with Gasteiger partial charge in [-0.15, -0.1) is 0 Å². The van der Waals surface area contributed by atoms with Gasteiger partial charge in [0.15, 0.2) is 23.1 Å². The molecule has 0 amide bonds. The van der Waals surface area contributed by atoms with Crippen molar-refractivity contribution in [1.29, 1.82) is 0 Å². The molecule has 0 aliphatic rings. The third kappa shape index (κ3) is 4.58. The van der Waals surface area contributed by atoms with E-state index in [-0.39, 0.29) is 0 Å². The highest BCUT2D eigenvalue weighted by atomic mass is 16.3. The molecule has 6 heteroatoms. The van der Waals surface area contributed by atoms with E-state index in [0.717, 1.165) is 77.4 Å². The van der Waals surface area contributed by atoms with Gasteiger partial charge in [-0.2, -0.15) is 0 Å². The molecule has 6 aromatic carbocycles. The van der Waals surface area contributed by atoms with E-state index in [1.54, 1.807) is 0 Å². The summed E-state index contributed by atoms with van der Waals surface area (Å²) < 4.78 is 8.83. The highest BCUT2D eigenvalue weighted by Crippen LogP contribution is 2.41. The molecule has 0 fully saturated rings. The highest BCUT2D eigenvalue weighted by molar-refractivity contribution is 6.21. The number of pyridine rings is 1. The maximum absolute atomic E-state index is 6.60. The summed E-state index contributed by atoms with van der Waals surface area (Å²) in [5, 5.41) is 4.40. The van der Waals surface area contributed by atoms with Crippen LogP contribution in [0.5, 0.6) is 0 Å². The number of benzene rings is 6. The summed E-state index contributed by atoms with van der Waals surface area (Å²) in [5.41, 5.74) is 8.66. The lowest BCUT2D eigenvalue weighted by atomic mass is 10.0. The summed E-state index contributed by atoms with van der Waals surface area (Å²) in [6.45, 7) is 0. The van der Waals surface area contributed by atoms with Crippen molar-refractivity contribution in [3.63, 3.8) is 0 Å². The normalized spacial score (nSPS) is 11.6. The van der Waals surface area contributed by atoms with E-state index < -0.39 is 0 Å². The summed E-state index contributed by atoms with van der Waals surface area (Å²) in [7, 11) is 0. The Morgan fingerprint density at radius 2 is 0.980 bits per heavy atom. The summed E-state index contributed by atoms with van der Waals surface area (Å²) in [6, 6.07) is 53.8. The first kappa shape index (κ1) is 28.1. The molecule has 50 heavy (non-hydrogen) atoms. The molecule has 0 N–H and O–H groups in total. The lowest BCUT2D eigenvalue weighted by Crippen LogP contribution is -2.01. The van der Waals surface area contributed by atoms with Crippen LogP contribution < -0.4 is 0 Å². The average molecular weight is 642 g/mol. The zero-order chi connectivity index (χ0) is 33.0. The Morgan fingerprint density at radius 3 is 1.64 bits per heavy atom. The second kappa shape index (κ2) is 11.4. The molecule has 0 spiro atoms. The van der Waals surface area contributed by atoms with Gasteiger partial charge in [0.25, 0.3) is 0 Å². The molecule has 4 heterocycles. The topological polar surface area (TPSA) is 69.6 Å². The fraction of sp³-hybridized carbons (Fsp3) is 0. The molecule has 0 saturated heterocycles. The zero-order valence-electron chi connectivity index (χ0n) is 26.7. The molecule has 0 unspecified atom stereocenters. The van der Waals surface area contributed by atoms with E-state index in [1.165, 1.54) is 0 Å². The lowest BCUT2D eigenvalue weighted by molar-refractivity contribution is 0.671. The molecule has 0 radical (unpaired) electrons. The quantitative estimate of drug-likeness (QED) is 0.187. The van der Waals surface area contributed by atoms with Crippen LogP contribution in [0.15, 0.2) is 168 Å². The van der Waals surface area contributed by atoms with Crippen LogP contribution in [0.2, 0.25) is 0 Å². The Hall–Kier alpha value is -6.92. The Balaban J connectivity index is 1.19. The van der Waals surface area contributed by atoms with Gasteiger partial charge in [0.1, 0.15) is 11.4 Å². The highest BCUT2D eigenvalue weighted by Gasteiger charge is 2.21. The van der Waals surface area contributed by atoms with Crippen LogP contribution >= 0.6 is 0 Å². The number of aromatic nitrogens is 5. The van der Waals surface area contributed by atoms with Crippen molar-refractivity contribution in [3.8, 4) is 51.1 Å². The molecule has 10 rings (SSSR count). The van der Waals surface area contributed by atoms with E-state index >= 15 is 0 Å². The zero-order valence-corrected chi connectivity index (χ0v) is 26.7. The van der Waals surface area contributed by atoms with Crippen LogP contribution in [-0.2, 0) is 0 Å². The van der Waals surface area contributed by atoms with E-state index in [9.17, 15) is 0 Å². The first-order chi connectivity index (χ1) is 24.8. The molecule has 234 valence electrons. The third-order valence-electron chi connectivity index (χ3n) is 9.31. The largest absolute Gasteiger partial charge is 0.454 e. The van der Waals surface area contributed by atoms with Crippen molar-refractivity contribution in [2.24, 2.45) is 0 Å². The van der Waals surface area contributed by atoms with E-state index in [0.29, 0.717) is 17.5 Å². The second-order valence-electron chi connectivity index (χ2n) is 12.3. The summed E-state index contributed by atoms with van der Waals surface area (Å²) in [6.07, 6.45) is 1.85. The molecule has 0 aliphatic heterocycles. The number of rotatable bonds is 5. The first-order valence-electron chi connectivity index (χ1n) is 16.6. The average Bonchev–Trinajstić information content (AvgIpc) is 3.74. The van der Waals surface area contributed by atoms with E-state index in [1.807, 2.05) is 97.2 Å². The van der Waals surface area contributed by atoms with Crippen molar-refractivity contribution in [3.05, 3.63) is 164 Å². The molecular weight excluding hydrogens is 615 g/mol. The van der Waals surface area contributed by atoms with Crippen LogP contribution in [0.3, 0.4) is 0 Å². The van der Waals surface area contributed by atoms with Crippen LogP contribution in [0.25, 0.3) is 94.9 Å². The molecule has 0 aliphatic carbocycles. The Labute approximate surface area is 287 Å². The van der Waals surface area contributed by atoms with Crippen molar-refractivity contribution in [1.82, 2.24) is 24.5 Å². The standard InChI is InChI=1S/C44H27N5O/c1-4-12-28(13-5-1)31-20-22-33-35-23-24-36-34-18-10-11-19-38(34)50-41(36)40(35)49(37(33)26-31)39-25-21-32(27-45-39)44-47-42(29-14-6-2-7-15-29)46-43(48-44)30-16-8-3-9-17-30/h1-27H. The number of hydrogen-bond acceptors (Lipinski definition) is 5. The second-order valence-corrected chi connectivity index (χ2v) is 12.3. The SMILES string of the molecule is c1ccc(-c2ccc3c4ccc5c6ccccc6oc5c4n(-c4ccc(-c5nc(-c6ccccc6)nc(-c6ccccc6)n5)cn4)c3c2)cc1. The van der Waals surface area contributed by atoms with Crippen LogP contribution in [0.4, 0.5) is 0 Å². The van der Waals surface area contributed by atoms with Gasteiger partial charge in [0.05, 0.1) is 11.0 Å². The molecule has 10 aromatic rings. The molecule has 4 aromatic heterocycles. The molecule has 0 bridgehead atoms. The lowest BCUT2D eigenvalue weighted by Gasteiger charge is -2.10. The number of furan rings is 1. The fourth-order valence-corrected chi connectivity index (χ4v) is 6.92. The van der Waals surface area contributed by atoms with Crippen molar-refractivity contribution >= 4 is 43.7 Å². The number of hydrogen-bond donors (Lipinski definition) is 0. The van der Waals surface area contributed by atoms with Gasteiger partial charge in [-0.25, -0.2) is 19.9 Å². The van der Waals surface area contributed by atoms with Gasteiger partial charge in [-0.3, -0.25) is 4.57 Å². The molecule has 6 nitrogen and oxygen atoms in total. The van der Waals surface area contributed by atoms with Gasteiger partial charge < -0.3 is 4.42 Å². The molecule has 0 atom stereocenters. The van der Waals surface area contributed by atoms with E-state index in [4.69, 9.17) is 24.4 Å². The summed E-state index contributed by atoms with van der Waals surface area (Å²) >= 11 is 0. The predicted molar refractivity (Wildman–Crippen MR) is 201 cm³/mol. The van der Waals surface area contributed by atoms with E-state index in [2.05, 4.69) is 71.3 Å². The monoisotopic (exact) mass is 641 g/mol. The predicted octanol–water partition coefficient (Wildman–Crippen LogP) is 10.9. The minimum Gasteiger partial charge on any atom is -0.454 e. The Bertz CT molecular complexity index is 2780. The van der Waals surface area contributed by atoms with Gasteiger partial charge in [0.2, 0.25) is 0 Å². The van der Waals surface area contributed by atoms with Gasteiger partial charge in [-0.1, -0.05) is 127 Å². The van der Waals surface area contributed by atoms with Crippen molar-refractivity contribution in [2.75, 3.05) is 0 Å². The minimum atomic E-state index is 0.560. The summed E-state index contributed by atoms with van der Waals surface area (Å²) in [4.78, 5) is 19.8. The number of fused-ring (bicyclic) bond motifs is 7. The van der Waals surface area contributed by atoms with Crippen LogP contribution in [-0.4, -0.2) is 24.5 Å². The first-order valence-corrected chi connectivity index (χ1v) is 16.6. The van der Waals surface area contributed by atoms with Gasteiger partial charge in [-0.05, 0) is 41.5 Å². The summed E-state index contributed by atoms with van der Waals surface area (Å²) in [5.74, 6) is 2.56. The minimum absolute atomic E-state index is 0.560. The third-order valence-corrected chi connectivity index (χ3v) is 9.31. The molecular formula is C44H27N5O. The van der Waals surface area contributed by atoms with Gasteiger partial charge in [0, 0.05) is 44.4 Å². The molecule has 0 saturated carbocycles. The Morgan fingerprint density at radius 1 is 0.420 bits per heavy atom.